The molecule has 0 aliphatic rings. The molecule has 0 aliphatic carbocycles. The minimum Gasteiger partial charge on any atom is -0.480 e. The first kappa shape index (κ1) is 20.1. The maximum atomic E-state index is 12.1. The largest absolute Gasteiger partial charge is 0.480 e. The fourth-order valence-electron chi connectivity index (χ4n) is 1.98. The number of benzene rings is 1. The van der Waals surface area contributed by atoms with Gasteiger partial charge in [0.25, 0.3) is 5.91 Å². The van der Waals surface area contributed by atoms with Crippen molar-refractivity contribution < 1.29 is 23.1 Å². The lowest BCUT2D eigenvalue weighted by Crippen LogP contribution is -2.40. The molecule has 1 amide bonds. The average molecular weight is 356 g/mol. The number of nitrogens with one attached hydrogen (secondary N) is 2. The summed E-state index contributed by atoms with van der Waals surface area (Å²) in [7, 11) is -3.27. The van der Waals surface area contributed by atoms with Gasteiger partial charge in [0.1, 0.15) is 6.04 Å². The molecular weight excluding hydrogens is 332 g/mol. The quantitative estimate of drug-likeness (QED) is 0.588. The van der Waals surface area contributed by atoms with Gasteiger partial charge in [-0.05, 0) is 31.0 Å². The summed E-state index contributed by atoms with van der Waals surface area (Å²) in [4.78, 5) is 23.3. The number of hydrogen-bond acceptors (Lipinski definition) is 4. The van der Waals surface area contributed by atoms with Crippen LogP contribution >= 0.6 is 0 Å². The first-order valence-corrected chi connectivity index (χ1v) is 9.54. The van der Waals surface area contributed by atoms with Crippen LogP contribution in [-0.4, -0.2) is 37.2 Å². The van der Waals surface area contributed by atoms with Gasteiger partial charge in [-0.15, -0.1) is 0 Å². The molecule has 134 valence electrons. The molecule has 24 heavy (non-hydrogen) atoms. The highest BCUT2D eigenvalue weighted by atomic mass is 32.2. The molecule has 0 radical (unpaired) electrons. The van der Waals surface area contributed by atoms with Crippen LogP contribution in [0.3, 0.4) is 0 Å². The molecule has 0 fully saturated rings. The Morgan fingerprint density at radius 3 is 2.29 bits per heavy atom. The molecule has 0 unspecified atom stereocenters. The summed E-state index contributed by atoms with van der Waals surface area (Å²) in [5, 5.41) is 11.6. The second-order valence-corrected chi connectivity index (χ2v) is 7.52. The molecule has 0 bridgehead atoms. The van der Waals surface area contributed by atoms with E-state index in [1.807, 2.05) is 6.92 Å². The molecule has 1 rings (SSSR count). The number of carbonyl (C=O) groups excluding carboxylic acids is 1. The number of hydrogen-bond donors (Lipinski definition) is 3. The van der Waals surface area contributed by atoms with E-state index < -0.39 is 27.9 Å². The van der Waals surface area contributed by atoms with Crippen molar-refractivity contribution in [2.75, 3.05) is 5.75 Å². The lowest BCUT2D eigenvalue weighted by atomic mass is 10.1. The fourth-order valence-corrected chi connectivity index (χ4v) is 2.57. The van der Waals surface area contributed by atoms with Gasteiger partial charge >= 0.3 is 5.97 Å². The minimum atomic E-state index is -3.27. The molecule has 0 aromatic heterocycles. The van der Waals surface area contributed by atoms with E-state index in [4.69, 9.17) is 5.11 Å². The summed E-state index contributed by atoms with van der Waals surface area (Å²) >= 11 is 0. The Balaban J connectivity index is 2.67. The zero-order valence-corrected chi connectivity index (χ0v) is 14.7. The maximum absolute atomic E-state index is 12.1. The van der Waals surface area contributed by atoms with Gasteiger partial charge < -0.3 is 10.4 Å². The van der Waals surface area contributed by atoms with E-state index in [2.05, 4.69) is 10.0 Å². The zero-order valence-electron chi connectivity index (χ0n) is 13.9. The molecular formula is C16H24N2O5S. The molecule has 3 N–H and O–H groups in total. The van der Waals surface area contributed by atoms with Gasteiger partial charge in [-0.1, -0.05) is 31.9 Å². The van der Waals surface area contributed by atoms with Gasteiger partial charge in [0, 0.05) is 12.1 Å². The van der Waals surface area contributed by atoms with Crippen LogP contribution in [0.25, 0.3) is 0 Å². The number of carboxylic acid groups (broad SMARTS) is 1. The van der Waals surface area contributed by atoms with Crippen molar-refractivity contribution in [1.29, 1.82) is 0 Å². The second-order valence-electron chi connectivity index (χ2n) is 5.43. The van der Waals surface area contributed by atoms with Crippen molar-refractivity contribution in [3.63, 3.8) is 0 Å². The van der Waals surface area contributed by atoms with Crippen LogP contribution in [-0.2, 0) is 21.4 Å². The molecule has 0 saturated carbocycles. The van der Waals surface area contributed by atoms with Crippen LogP contribution in [0, 0.1) is 0 Å². The number of rotatable bonds is 10. The van der Waals surface area contributed by atoms with E-state index in [1.165, 1.54) is 0 Å². The normalized spacial score (nSPS) is 12.6. The van der Waals surface area contributed by atoms with Crippen molar-refractivity contribution in [1.82, 2.24) is 10.0 Å². The summed E-state index contributed by atoms with van der Waals surface area (Å²) in [5.41, 5.74) is 1.05. The smallest absolute Gasteiger partial charge is 0.326 e. The maximum Gasteiger partial charge on any atom is 0.326 e. The average Bonchev–Trinajstić information content (AvgIpc) is 2.56. The molecule has 7 nitrogen and oxygen atoms in total. The van der Waals surface area contributed by atoms with E-state index in [0.29, 0.717) is 24.0 Å². The Kier molecular flexibility index (Phi) is 7.87. The van der Waals surface area contributed by atoms with Gasteiger partial charge in [0.15, 0.2) is 0 Å². The van der Waals surface area contributed by atoms with E-state index in [9.17, 15) is 18.0 Å². The number of carbonyl (C=O) groups is 2. The standard InChI is InChI=1S/C16H24N2O5S/c1-3-5-6-14(16(20)21)18-15(19)13-9-7-12(8-10-13)11-17-24(22,23)4-2/h7-10,14,17H,3-6,11H2,1-2H3,(H,18,19)(H,20,21)/t14-/m0/s1. The molecule has 8 heteroatoms. The van der Waals surface area contributed by atoms with Gasteiger partial charge in [-0.25, -0.2) is 17.9 Å². The molecule has 0 aliphatic heterocycles. The summed E-state index contributed by atoms with van der Waals surface area (Å²) in [6.07, 6.45) is 1.95. The Labute approximate surface area is 142 Å². The number of aliphatic carboxylic acids is 1. The Morgan fingerprint density at radius 2 is 1.79 bits per heavy atom. The molecule has 0 saturated heterocycles. The van der Waals surface area contributed by atoms with E-state index in [-0.39, 0.29) is 12.3 Å². The van der Waals surface area contributed by atoms with Crippen molar-refractivity contribution in [3.05, 3.63) is 35.4 Å². The van der Waals surface area contributed by atoms with Crippen LogP contribution in [0.15, 0.2) is 24.3 Å². The van der Waals surface area contributed by atoms with Crippen LogP contribution in [0.5, 0.6) is 0 Å². The molecule has 1 aromatic rings. The van der Waals surface area contributed by atoms with Gasteiger partial charge in [0.05, 0.1) is 5.75 Å². The molecule has 1 atom stereocenters. The second kappa shape index (κ2) is 9.39. The van der Waals surface area contributed by atoms with Crippen molar-refractivity contribution in [2.45, 2.75) is 45.7 Å². The predicted octanol–water partition coefficient (Wildman–Crippen LogP) is 1.50. The highest BCUT2D eigenvalue weighted by Gasteiger charge is 2.19. The third-order valence-corrected chi connectivity index (χ3v) is 4.89. The SMILES string of the molecule is CCCC[C@H](NC(=O)c1ccc(CNS(=O)(=O)CC)cc1)C(=O)O. The lowest BCUT2D eigenvalue weighted by Gasteiger charge is -2.14. The van der Waals surface area contributed by atoms with Crippen LogP contribution < -0.4 is 10.0 Å². The summed E-state index contributed by atoms with van der Waals surface area (Å²) in [6, 6.07) is 5.45. The topological polar surface area (TPSA) is 113 Å². The highest BCUT2D eigenvalue weighted by Crippen LogP contribution is 2.07. The Morgan fingerprint density at radius 1 is 1.17 bits per heavy atom. The minimum absolute atomic E-state index is 0.00181. The van der Waals surface area contributed by atoms with Gasteiger partial charge in [-0.3, -0.25) is 4.79 Å². The van der Waals surface area contributed by atoms with Crippen molar-refractivity contribution in [2.24, 2.45) is 0 Å². The number of unbranched alkanes of at least 4 members (excludes halogenated alkanes) is 1. The Bertz CT molecular complexity index is 656. The lowest BCUT2D eigenvalue weighted by molar-refractivity contribution is -0.139. The van der Waals surface area contributed by atoms with Gasteiger partial charge in [0.2, 0.25) is 10.0 Å². The predicted molar refractivity (Wildman–Crippen MR) is 91.2 cm³/mol. The first-order valence-electron chi connectivity index (χ1n) is 7.89. The third-order valence-electron chi connectivity index (χ3n) is 3.54. The number of amides is 1. The summed E-state index contributed by atoms with van der Waals surface area (Å²) in [5.74, 6) is -1.51. The van der Waals surface area contributed by atoms with Gasteiger partial charge in [-0.2, -0.15) is 0 Å². The van der Waals surface area contributed by atoms with Crippen LogP contribution in [0.2, 0.25) is 0 Å². The fraction of sp³-hybridized carbons (Fsp3) is 0.500. The molecule has 0 spiro atoms. The monoisotopic (exact) mass is 356 g/mol. The van der Waals surface area contributed by atoms with E-state index in [0.717, 1.165) is 6.42 Å². The summed E-state index contributed by atoms with van der Waals surface area (Å²) < 4.78 is 25.2. The van der Waals surface area contributed by atoms with E-state index in [1.54, 1.807) is 31.2 Å². The van der Waals surface area contributed by atoms with E-state index >= 15 is 0 Å². The first-order chi connectivity index (χ1) is 11.3. The highest BCUT2D eigenvalue weighted by molar-refractivity contribution is 7.89. The van der Waals surface area contributed by atoms with Crippen molar-refractivity contribution in [3.8, 4) is 0 Å². The van der Waals surface area contributed by atoms with Crippen molar-refractivity contribution >= 4 is 21.9 Å². The Hall–Kier alpha value is -1.93. The number of sulfonamides is 1. The van der Waals surface area contributed by atoms with Crippen LogP contribution in [0.4, 0.5) is 0 Å². The van der Waals surface area contributed by atoms with Crippen LogP contribution in [0.1, 0.15) is 49.0 Å². The summed E-state index contributed by atoms with van der Waals surface area (Å²) in [6.45, 7) is 3.64. The zero-order chi connectivity index (χ0) is 18.2. The third kappa shape index (κ3) is 6.67. The number of carboxylic acids is 1. The molecule has 1 aromatic carbocycles. The molecule has 0 heterocycles.